The van der Waals surface area contributed by atoms with Crippen molar-refractivity contribution < 1.29 is 13.2 Å². The molecular weight excluding hydrogens is 243 g/mol. The highest BCUT2D eigenvalue weighted by Crippen LogP contribution is 2.24. The van der Waals surface area contributed by atoms with Gasteiger partial charge in [-0.05, 0) is 25.7 Å². The first-order valence-electron chi connectivity index (χ1n) is 5.81. The highest BCUT2D eigenvalue weighted by molar-refractivity contribution is 5.81. The maximum atomic E-state index is 13.6. The van der Waals surface area contributed by atoms with E-state index in [2.05, 4.69) is 4.98 Å². The first kappa shape index (κ1) is 11.3. The molecule has 18 heavy (non-hydrogen) atoms. The second-order valence-electron chi connectivity index (χ2n) is 4.52. The number of fused-ring (bicyclic) bond motifs is 2. The molecule has 1 heterocycles. The molecule has 0 bridgehead atoms. The number of aromatic amines is 1. The van der Waals surface area contributed by atoms with Gasteiger partial charge >= 0.3 is 0 Å². The zero-order chi connectivity index (χ0) is 12.9. The van der Waals surface area contributed by atoms with Crippen molar-refractivity contribution >= 4 is 10.9 Å². The number of rotatable bonds is 0. The van der Waals surface area contributed by atoms with Gasteiger partial charge in [0.1, 0.15) is 0 Å². The lowest BCUT2D eigenvalue weighted by molar-refractivity contribution is 0.504. The minimum atomic E-state index is -1.33. The van der Waals surface area contributed by atoms with Gasteiger partial charge < -0.3 is 4.98 Å². The quantitative estimate of drug-likeness (QED) is 0.719. The average molecular weight is 253 g/mol. The van der Waals surface area contributed by atoms with E-state index in [-0.39, 0.29) is 5.52 Å². The minimum Gasteiger partial charge on any atom is -0.355 e. The maximum Gasteiger partial charge on any atom is 0.196 e. The third-order valence-corrected chi connectivity index (χ3v) is 3.42. The highest BCUT2D eigenvalue weighted by Gasteiger charge is 2.21. The number of aryl methyl sites for hydroxylation is 1. The molecule has 0 fully saturated rings. The van der Waals surface area contributed by atoms with Gasteiger partial charge in [0.25, 0.3) is 0 Å². The first-order chi connectivity index (χ1) is 8.59. The van der Waals surface area contributed by atoms with Crippen LogP contribution in [0.4, 0.5) is 13.2 Å². The van der Waals surface area contributed by atoms with Crippen molar-refractivity contribution in [1.29, 1.82) is 0 Å². The Morgan fingerprint density at radius 1 is 1.06 bits per heavy atom. The normalized spacial score (nSPS) is 14.8. The maximum absolute atomic E-state index is 13.6. The van der Waals surface area contributed by atoms with Crippen LogP contribution >= 0.6 is 0 Å². The van der Waals surface area contributed by atoms with Crippen molar-refractivity contribution in [3.63, 3.8) is 0 Å². The van der Waals surface area contributed by atoms with Gasteiger partial charge in [0.15, 0.2) is 22.9 Å². The molecule has 0 amide bonds. The van der Waals surface area contributed by atoms with E-state index < -0.39 is 28.3 Å². The van der Waals surface area contributed by atoms with Gasteiger partial charge in [0.2, 0.25) is 0 Å². The van der Waals surface area contributed by atoms with Crippen molar-refractivity contribution in [3.8, 4) is 0 Å². The van der Waals surface area contributed by atoms with Crippen molar-refractivity contribution in [2.75, 3.05) is 0 Å². The Morgan fingerprint density at radius 2 is 1.78 bits per heavy atom. The summed E-state index contributed by atoms with van der Waals surface area (Å²) in [6.45, 7) is 0. The van der Waals surface area contributed by atoms with E-state index in [9.17, 15) is 18.0 Å². The molecule has 0 aliphatic heterocycles. The fourth-order valence-electron chi connectivity index (χ4n) is 2.53. The third-order valence-electron chi connectivity index (χ3n) is 3.42. The van der Waals surface area contributed by atoms with E-state index in [0.717, 1.165) is 12.8 Å². The lowest BCUT2D eigenvalue weighted by Gasteiger charge is -2.16. The van der Waals surface area contributed by atoms with Gasteiger partial charge in [-0.3, -0.25) is 4.79 Å². The van der Waals surface area contributed by atoms with Crippen molar-refractivity contribution in [3.05, 3.63) is 45.0 Å². The lowest BCUT2D eigenvalue weighted by atomic mass is 9.94. The van der Waals surface area contributed by atoms with Crippen LogP contribution < -0.4 is 5.43 Å². The molecule has 1 N–H and O–H groups in total. The summed E-state index contributed by atoms with van der Waals surface area (Å²) in [5.41, 5.74) is 0.273. The van der Waals surface area contributed by atoms with Crippen LogP contribution in [0.15, 0.2) is 10.9 Å². The lowest BCUT2D eigenvalue weighted by Crippen LogP contribution is -2.20. The molecular formula is C13H10F3NO. The number of hydrogen-bond donors (Lipinski definition) is 1. The summed E-state index contributed by atoms with van der Waals surface area (Å²) >= 11 is 0. The van der Waals surface area contributed by atoms with Crippen LogP contribution in [-0.2, 0) is 12.8 Å². The highest BCUT2D eigenvalue weighted by atomic mass is 19.2. The van der Waals surface area contributed by atoms with E-state index in [1.807, 2.05) is 0 Å². The average Bonchev–Trinajstić information content (AvgIpc) is 2.36. The molecule has 0 spiro atoms. The first-order valence-corrected chi connectivity index (χ1v) is 5.81. The summed E-state index contributed by atoms with van der Waals surface area (Å²) in [5.74, 6) is -3.54. The Hall–Kier alpha value is -1.78. The number of pyridine rings is 1. The summed E-state index contributed by atoms with van der Waals surface area (Å²) in [5, 5.41) is -0.506. The molecule has 94 valence electrons. The molecule has 1 aromatic carbocycles. The summed E-state index contributed by atoms with van der Waals surface area (Å²) in [7, 11) is 0. The number of H-pyrrole nitrogens is 1. The molecule has 0 atom stereocenters. The largest absolute Gasteiger partial charge is 0.355 e. The molecule has 1 aliphatic carbocycles. The number of hydrogen-bond acceptors (Lipinski definition) is 1. The fraction of sp³-hybridized carbons (Fsp3) is 0.308. The molecule has 5 heteroatoms. The van der Waals surface area contributed by atoms with Gasteiger partial charge in [-0.1, -0.05) is 0 Å². The Balaban J connectivity index is 2.50. The standard InChI is InChI=1S/C13H10F3NO/c14-7-5-8(15)12-10(11(7)16)13(18)6-3-1-2-4-9(6)17-12/h5H,1-4H2,(H,17,18). The van der Waals surface area contributed by atoms with Gasteiger partial charge in [-0.25, -0.2) is 13.2 Å². The molecule has 1 aliphatic rings. The summed E-state index contributed by atoms with van der Waals surface area (Å²) in [6, 6.07) is 0.461. The second-order valence-corrected chi connectivity index (χ2v) is 4.52. The number of benzene rings is 1. The zero-order valence-electron chi connectivity index (χ0n) is 9.45. The van der Waals surface area contributed by atoms with E-state index >= 15 is 0 Å². The Morgan fingerprint density at radius 3 is 2.56 bits per heavy atom. The molecule has 2 nitrogen and oxygen atoms in total. The minimum absolute atomic E-state index is 0.237. The summed E-state index contributed by atoms with van der Waals surface area (Å²) in [4.78, 5) is 14.8. The Bertz CT molecular complexity index is 706. The molecule has 0 saturated carbocycles. The van der Waals surface area contributed by atoms with E-state index in [4.69, 9.17) is 0 Å². The molecule has 0 unspecified atom stereocenters. The van der Waals surface area contributed by atoms with E-state index in [0.29, 0.717) is 30.2 Å². The smallest absolute Gasteiger partial charge is 0.196 e. The van der Waals surface area contributed by atoms with E-state index in [1.165, 1.54) is 0 Å². The second kappa shape index (κ2) is 3.86. The monoisotopic (exact) mass is 253 g/mol. The van der Waals surface area contributed by atoms with Crippen molar-refractivity contribution in [2.24, 2.45) is 0 Å². The van der Waals surface area contributed by atoms with Gasteiger partial charge in [-0.15, -0.1) is 0 Å². The SMILES string of the molecule is O=c1c2c([nH]c3c(F)cc(F)c(F)c13)CCCC2. The van der Waals surface area contributed by atoms with Crippen LogP contribution in [0, 0.1) is 17.5 Å². The van der Waals surface area contributed by atoms with Crippen LogP contribution in [0.5, 0.6) is 0 Å². The van der Waals surface area contributed by atoms with Crippen molar-refractivity contribution in [2.45, 2.75) is 25.7 Å². The number of aromatic nitrogens is 1. The Labute approximate surface area is 100 Å². The molecule has 0 radical (unpaired) electrons. The topological polar surface area (TPSA) is 32.9 Å². The van der Waals surface area contributed by atoms with Crippen molar-refractivity contribution in [1.82, 2.24) is 4.98 Å². The third kappa shape index (κ3) is 1.46. The van der Waals surface area contributed by atoms with Crippen LogP contribution in [0.2, 0.25) is 0 Å². The molecule has 2 aromatic rings. The zero-order valence-corrected chi connectivity index (χ0v) is 9.45. The van der Waals surface area contributed by atoms with Gasteiger partial charge in [0.05, 0.1) is 10.9 Å². The molecule has 1 aromatic heterocycles. The predicted molar refractivity (Wildman–Crippen MR) is 61.1 cm³/mol. The van der Waals surface area contributed by atoms with Crippen LogP contribution in [0.1, 0.15) is 24.1 Å². The van der Waals surface area contributed by atoms with Crippen LogP contribution in [-0.4, -0.2) is 4.98 Å². The molecule has 3 rings (SSSR count). The van der Waals surface area contributed by atoms with Gasteiger partial charge in [-0.2, -0.15) is 0 Å². The summed E-state index contributed by atoms with van der Waals surface area (Å²) in [6.07, 6.45) is 2.90. The Kier molecular flexibility index (Phi) is 2.43. The summed E-state index contributed by atoms with van der Waals surface area (Å²) < 4.78 is 40.4. The fourth-order valence-corrected chi connectivity index (χ4v) is 2.53. The van der Waals surface area contributed by atoms with Crippen LogP contribution in [0.25, 0.3) is 10.9 Å². The van der Waals surface area contributed by atoms with Crippen LogP contribution in [0.3, 0.4) is 0 Å². The number of halogens is 3. The van der Waals surface area contributed by atoms with Gasteiger partial charge in [0, 0.05) is 17.3 Å². The molecule has 0 saturated heterocycles. The van der Waals surface area contributed by atoms with E-state index in [1.54, 1.807) is 0 Å². The number of nitrogens with one attached hydrogen (secondary N) is 1. The predicted octanol–water partition coefficient (Wildman–Crippen LogP) is 2.82.